The minimum absolute atomic E-state index is 0.717. The van der Waals surface area contributed by atoms with Crippen LogP contribution in [-0.4, -0.2) is 10.3 Å². The first-order valence-electron chi connectivity index (χ1n) is 5.19. The summed E-state index contributed by atoms with van der Waals surface area (Å²) >= 11 is 1.91. The number of hydrogen-bond acceptors (Lipinski definition) is 2. The largest absolute Gasteiger partial charge is 0.321 e. The maximum absolute atomic E-state index is 4.46. The van der Waals surface area contributed by atoms with E-state index in [2.05, 4.69) is 41.3 Å². The summed E-state index contributed by atoms with van der Waals surface area (Å²) in [6, 6.07) is 6.28. The van der Waals surface area contributed by atoms with E-state index >= 15 is 0 Å². The van der Waals surface area contributed by atoms with E-state index in [0.717, 1.165) is 17.7 Å². The Labute approximate surface area is 94.7 Å². The molecule has 0 bridgehead atoms. The number of allylic oxidation sites excluding steroid dienone is 1. The highest BCUT2D eigenvalue weighted by Gasteiger charge is 2.14. The summed E-state index contributed by atoms with van der Waals surface area (Å²) in [5.74, 6) is 1.92. The summed E-state index contributed by atoms with van der Waals surface area (Å²) in [7, 11) is 0. The lowest BCUT2D eigenvalue weighted by Gasteiger charge is -2.23. The molecule has 1 atom stereocenters. The molecule has 3 heteroatoms. The standard InChI is InChI=1S/C12H16N2S/c1-9(2)13-11-5-4-6-12-14(11)7-10(3)8-15-12/h4-6,10H,1,7-8H2,2-3H3. The maximum atomic E-state index is 4.46. The van der Waals surface area contributed by atoms with Gasteiger partial charge in [0.2, 0.25) is 0 Å². The van der Waals surface area contributed by atoms with E-state index in [1.54, 1.807) is 0 Å². The highest BCUT2D eigenvalue weighted by Crippen LogP contribution is 2.25. The minimum atomic E-state index is 0.717. The van der Waals surface area contributed by atoms with Gasteiger partial charge in [0.25, 0.3) is 0 Å². The monoisotopic (exact) mass is 220 g/mol. The third-order valence-corrected chi connectivity index (χ3v) is 3.73. The predicted molar refractivity (Wildman–Crippen MR) is 64.7 cm³/mol. The van der Waals surface area contributed by atoms with Gasteiger partial charge in [0, 0.05) is 18.0 Å². The molecule has 15 heavy (non-hydrogen) atoms. The molecule has 1 aromatic heterocycles. The van der Waals surface area contributed by atoms with Crippen molar-refractivity contribution in [2.75, 3.05) is 5.75 Å². The Morgan fingerprint density at radius 1 is 1.60 bits per heavy atom. The molecular formula is C12H16N2S. The Morgan fingerprint density at radius 2 is 2.40 bits per heavy atom. The Morgan fingerprint density at radius 3 is 3.13 bits per heavy atom. The van der Waals surface area contributed by atoms with Crippen molar-refractivity contribution < 1.29 is 0 Å². The number of aromatic nitrogens is 1. The van der Waals surface area contributed by atoms with Crippen molar-refractivity contribution in [2.24, 2.45) is 10.9 Å². The zero-order valence-corrected chi connectivity index (χ0v) is 10.0. The molecule has 0 aromatic carbocycles. The first kappa shape index (κ1) is 10.6. The van der Waals surface area contributed by atoms with Crippen molar-refractivity contribution in [3.63, 3.8) is 0 Å². The predicted octanol–water partition coefficient (Wildman–Crippen LogP) is 2.66. The van der Waals surface area contributed by atoms with Gasteiger partial charge in [-0.1, -0.05) is 19.6 Å². The van der Waals surface area contributed by atoms with Crippen LogP contribution in [0.5, 0.6) is 0 Å². The summed E-state index contributed by atoms with van der Waals surface area (Å²) in [6.45, 7) is 9.10. The fourth-order valence-corrected chi connectivity index (χ4v) is 2.76. The Hall–Kier alpha value is -0.960. The van der Waals surface area contributed by atoms with Gasteiger partial charge >= 0.3 is 0 Å². The maximum Gasteiger partial charge on any atom is 0.133 e. The van der Waals surface area contributed by atoms with Crippen LogP contribution in [0, 0.1) is 5.92 Å². The van der Waals surface area contributed by atoms with Crippen LogP contribution in [0.4, 0.5) is 0 Å². The van der Waals surface area contributed by atoms with E-state index in [1.165, 1.54) is 10.8 Å². The van der Waals surface area contributed by atoms with Gasteiger partial charge < -0.3 is 4.57 Å². The molecule has 0 N–H and O–H groups in total. The first-order valence-corrected chi connectivity index (χ1v) is 6.18. The van der Waals surface area contributed by atoms with E-state index in [9.17, 15) is 0 Å². The molecular weight excluding hydrogens is 204 g/mol. The number of nitrogens with zero attached hydrogens (tertiary/aromatic N) is 2. The lowest BCUT2D eigenvalue weighted by Crippen LogP contribution is -2.28. The molecule has 0 saturated heterocycles. The smallest absolute Gasteiger partial charge is 0.133 e. The number of hydrogen-bond donors (Lipinski definition) is 0. The number of fused-ring (bicyclic) bond motifs is 1. The summed E-state index contributed by atoms with van der Waals surface area (Å²) in [5, 5.41) is 1.32. The van der Waals surface area contributed by atoms with Crippen molar-refractivity contribution in [2.45, 2.75) is 25.4 Å². The van der Waals surface area contributed by atoms with Crippen LogP contribution in [0.3, 0.4) is 0 Å². The summed E-state index contributed by atoms with van der Waals surface area (Å²) < 4.78 is 2.29. The third kappa shape index (κ3) is 2.34. The van der Waals surface area contributed by atoms with Crippen LogP contribution >= 0.6 is 11.8 Å². The van der Waals surface area contributed by atoms with Crippen molar-refractivity contribution in [1.29, 1.82) is 0 Å². The van der Waals surface area contributed by atoms with Crippen molar-refractivity contribution in [3.8, 4) is 0 Å². The average molecular weight is 220 g/mol. The van der Waals surface area contributed by atoms with E-state index in [0.29, 0.717) is 5.92 Å². The van der Waals surface area contributed by atoms with Gasteiger partial charge in [-0.2, -0.15) is 0 Å². The van der Waals surface area contributed by atoms with Gasteiger partial charge in [-0.05, 0) is 25.0 Å². The molecule has 80 valence electrons. The summed E-state index contributed by atoms with van der Waals surface area (Å²) in [6.07, 6.45) is 0. The van der Waals surface area contributed by atoms with Gasteiger partial charge in [-0.25, -0.2) is 4.99 Å². The van der Waals surface area contributed by atoms with E-state index in [-0.39, 0.29) is 0 Å². The van der Waals surface area contributed by atoms with Gasteiger partial charge in [0.1, 0.15) is 5.49 Å². The third-order valence-electron chi connectivity index (χ3n) is 2.34. The second-order valence-electron chi connectivity index (χ2n) is 4.10. The van der Waals surface area contributed by atoms with Crippen LogP contribution in [-0.2, 0) is 6.54 Å². The lowest BCUT2D eigenvalue weighted by atomic mass is 10.2. The molecule has 0 saturated carbocycles. The molecule has 0 amide bonds. The van der Waals surface area contributed by atoms with Gasteiger partial charge in [-0.3, -0.25) is 0 Å². The molecule has 2 nitrogen and oxygen atoms in total. The molecule has 1 unspecified atom stereocenters. The average Bonchev–Trinajstić information content (AvgIpc) is 2.18. The zero-order chi connectivity index (χ0) is 10.8. The number of thioether (sulfide) groups is 1. The second-order valence-corrected chi connectivity index (χ2v) is 5.14. The highest BCUT2D eigenvalue weighted by molar-refractivity contribution is 7.99. The van der Waals surface area contributed by atoms with Crippen LogP contribution in [0.2, 0.25) is 0 Å². The SMILES string of the molecule is C=C(C)N=c1cccc2n1CC(C)CS2. The Bertz CT molecular complexity index is 445. The Balaban J connectivity index is 2.53. The minimum Gasteiger partial charge on any atom is -0.321 e. The van der Waals surface area contributed by atoms with Gasteiger partial charge in [0.15, 0.2) is 0 Å². The van der Waals surface area contributed by atoms with E-state index in [4.69, 9.17) is 0 Å². The molecule has 1 aliphatic heterocycles. The van der Waals surface area contributed by atoms with Gasteiger partial charge in [-0.15, -0.1) is 11.8 Å². The highest BCUT2D eigenvalue weighted by atomic mass is 32.2. The Kier molecular flexibility index (Phi) is 3.00. The van der Waals surface area contributed by atoms with E-state index in [1.807, 2.05) is 18.7 Å². The van der Waals surface area contributed by atoms with Crippen LogP contribution < -0.4 is 5.49 Å². The van der Waals surface area contributed by atoms with Gasteiger partial charge in [0.05, 0.1) is 5.03 Å². The van der Waals surface area contributed by atoms with Crippen molar-refractivity contribution in [1.82, 2.24) is 4.57 Å². The van der Waals surface area contributed by atoms with Crippen molar-refractivity contribution >= 4 is 11.8 Å². The van der Waals surface area contributed by atoms with E-state index < -0.39 is 0 Å². The first-order chi connectivity index (χ1) is 7.16. The normalized spacial score (nSPS) is 21.2. The number of pyridine rings is 1. The molecule has 2 rings (SSSR count). The molecule has 1 aromatic rings. The number of rotatable bonds is 1. The molecule has 0 fully saturated rings. The molecule has 0 spiro atoms. The van der Waals surface area contributed by atoms with Crippen molar-refractivity contribution in [3.05, 3.63) is 36.0 Å². The summed E-state index contributed by atoms with van der Waals surface area (Å²) in [5.41, 5.74) is 1.89. The second kappa shape index (κ2) is 4.27. The van der Waals surface area contributed by atoms with Crippen LogP contribution in [0.1, 0.15) is 13.8 Å². The van der Waals surface area contributed by atoms with Crippen LogP contribution in [0.15, 0.2) is 40.5 Å². The molecule has 2 heterocycles. The van der Waals surface area contributed by atoms with Crippen LogP contribution in [0.25, 0.3) is 0 Å². The molecule has 0 aliphatic carbocycles. The lowest BCUT2D eigenvalue weighted by molar-refractivity contribution is 0.469. The fraction of sp³-hybridized carbons (Fsp3) is 0.417. The topological polar surface area (TPSA) is 17.3 Å². The quantitative estimate of drug-likeness (QED) is 0.711. The molecule has 1 aliphatic rings. The molecule has 0 radical (unpaired) electrons. The summed E-state index contributed by atoms with van der Waals surface area (Å²) in [4.78, 5) is 4.46. The zero-order valence-electron chi connectivity index (χ0n) is 9.23. The fourth-order valence-electron chi connectivity index (χ4n) is 1.70.